The Hall–Kier alpha value is 0.890. The Morgan fingerprint density at radius 2 is 1.00 bits per heavy atom. The maximum Gasteiger partial charge on any atom is 0.400 e. The summed E-state index contributed by atoms with van der Waals surface area (Å²) in [7, 11) is -3.39. The van der Waals surface area contributed by atoms with Crippen LogP contribution in [-0.2, 0) is 0 Å². The zero-order valence-electron chi connectivity index (χ0n) is 3.61. The topological polar surface area (TPSA) is 60.7 Å². The van der Waals surface area contributed by atoms with Gasteiger partial charge in [0.15, 0.2) is 0 Å². The van der Waals surface area contributed by atoms with E-state index in [1.165, 1.54) is 0 Å². The van der Waals surface area contributed by atoms with Crippen molar-refractivity contribution in [2.24, 2.45) is 0 Å². The zero-order chi connectivity index (χ0) is 4.50. The highest BCUT2D eigenvalue weighted by Crippen LogP contribution is 2.38. The molecule has 0 aliphatic rings. The Kier molecular flexibility index (Phi) is 11.3. The summed E-state index contributed by atoms with van der Waals surface area (Å²) < 4.78 is 0. The molecule has 3 N–H and O–H groups in total. The lowest BCUT2D eigenvalue weighted by Crippen LogP contribution is -1.78. The van der Waals surface area contributed by atoms with Crippen molar-refractivity contribution in [1.82, 2.24) is 0 Å². The third-order valence-corrected chi connectivity index (χ3v) is 0. The predicted molar refractivity (Wildman–Crippen MR) is 34.0 cm³/mol. The van der Waals surface area contributed by atoms with Gasteiger partial charge in [0.05, 0.1) is 0 Å². The molecule has 0 fully saturated rings. The van der Waals surface area contributed by atoms with E-state index in [2.05, 4.69) is 0 Å². The van der Waals surface area contributed by atoms with Crippen LogP contribution in [0.4, 0.5) is 0 Å². The van der Waals surface area contributed by atoms with Crippen molar-refractivity contribution >= 4 is 32.8 Å². The molecule has 0 aromatic heterocycles. The summed E-state index contributed by atoms with van der Waals surface area (Å²) in [6, 6.07) is 0. The molecule has 0 amide bonds. The van der Waals surface area contributed by atoms with Gasteiger partial charge >= 0.3 is 7.94 Å². The molecule has 0 rings (SSSR count). The molecule has 0 bridgehead atoms. The minimum atomic E-state index is -3.39. The fourth-order valence-electron chi connectivity index (χ4n) is 0. The van der Waals surface area contributed by atoms with E-state index in [9.17, 15) is 0 Å². The molecule has 0 unspecified atom stereocenters. The van der Waals surface area contributed by atoms with Crippen LogP contribution < -0.4 is 0 Å². The number of hydrogen-bond acceptors (Lipinski definition) is 3. The van der Waals surface area contributed by atoms with E-state index in [-0.39, 0.29) is 24.8 Å². The monoisotopic (exact) mass is 169 g/mol. The first kappa shape index (κ1) is 15.7. The molecule has 0 heterocycles. The van der Waals surface area contributed by atoms with Crippen molar-refractivity contribution in [2.45, 2.75) is 0 Å². The first-order chi connectivity index (χ1) is 2.00. The first-order valence-electron chi connectivity index (χ1n) is 1.05. The van der Waals surface area contributed by atoms with Gasteiger partial charge in [-0.3, -0.25) is 0 Å². The normalized spacial score (nSPS) is 8.57. The van der Waals surface area contributed by atoms with Crippen LogP contribution in [-0.4, -0.2) is 21.3 Å². The van der Waals surface area contributed by atoms with Crippen LogP contribution in [0.5, 0.6) is 0 Å². The molecule has 0 saturated heterocycles. The van der Waals surface area contributed by atoms with E-state index in [4.69, 9.17) is 14.7 Å². The van der Waals surface area contributed by atoms with Crippen LogP contribution in [0.2, 0.25) is 0 Å². The minimum absolute atomic E-state index is 0. The van der Waals surface area contributed by atoms with Gasteiger partial charge in [0.1, 0.15) is 6.66 Å². The minimum Gasteiger partial charge on any atom is -0.193 e. The van der Waals surface area contributed by atoms with Crippen LogP contribution in [0.1, 0.15) is 0 Å². The van der Waals surface area contributed by atoms with Gasteiger partial charge in [-0.1, -0.05) is 0 Å². The smallest absolute Gasteiger partial charge is 0.193 e. The Bertz CT molecular complexity index is 28.4. The Morgan fingerprint density at radius 1 is 1.00 bits per heavy atom. The largest absolute Gasteiger partial charge is 0.400 e. The molecule has 0 aliphatic carbocycles. The van der Waals surface area contributed by atoms with Crippen LogP contribution >= 0.6 is 32.8 Å². The van der Waals surface area contributed by atoms with Crippen molar-refractivity contribution in [3.8, 4) is 0 Å². The summed E-state index contributed by atoms with van der Waals surface area (Å²) in [5.74, 6) is 0. The van der Waals surface area contributed by atoms with E-state index >= 15 is 0 Å². The van der Waals surface area contributed by atoms with Crippen molar-refractivity contribution in [2.75, 3.05) is 6.66 Å². The number of halogens is 2. The zero-order valence-corrected chi connectivity index (χ0v) is 6.13. The molecule has 6 heteroatoms. The van der Waals surface area contributed by atoms with E-state index in [1.807, 2.05) is 0 Å². The second-order valence-electron chi connectivity index (χ2n) is 0.868. The molecule has 48 valence electrons. The molecule has 0 atom stereocenters. The number of hydrogen-bond donors (Lipinski definition) is 3. The average Bonchev–Trinajstić information content (AvgIpc) is 0.722. The van der Waals surface area contributed by atoms with Gasteiger partial charge in [-0.2, -0.15) is 14.7 Å². The van der Waals surface area contributed by atoms with Crippen LogP contribution in [0.3, 0.4) is 0 Å². The lowest BCUT2D eigenvalue weighted by molar-refractivity contribution is 0.340. The Labute approximate surface area is 54.8 Å². The molecule has 0 aromatic rings. The quantitative estimate of drug-likeness (QED) is 0.455. The summed E-state index contributed by atoms with van der Waals surface area (Å²) >= 11 is 0. The van der Waals surface area contributed by atoms with E-state index in [0.29, 0.717) is 0 Å². The summed E-state index contributed by atoms with van der Waals surface area (Å²) in [5.41, 5.74) is 0. The third kappa shape index (κ3) is 208. The van der Waals surface area contributed by atoms with Crippen molar-refractivity contribution < 1.29 is 14.7 Å². The van der Waals surface area contributed by atoms with Gasteiger partial charge in [-0.25, -0.2) is 0 Å². The fourth-order valence-corrected chi connectivity index (χ4v) is 0. The lowest BCUT2D eigenvalue weighted by atomic mass is 12.0. The maximum absolute atomic E-state index is 7.74. The van der Waals surface area contributed by atoms with Crippen molar-refractivity contribution in [3.05, 3.63) is 0 Å². The molecule has 0 radical (unpaired) electrons. The van der Waals surface area contributed by atoms with Gasteiger partial charge in [-0.05, 0) is 0 Å². The summed E-state index contributed by atoms with van der Waals surface area (Å²) in [4.78, 5) is 23.2. The standard InChI is InChI=1S/CH6O3P.2ClH/c1-5(2,3)4;;/h2-4H,1H3;2*1H/q+1;;. The average molecular weight is 170 g/mol. The van der Waals surface area contributed by atoms with Gasteiger partial charge in [-0.15, -0.1) is 24.8 Å². The summed E-state index contributed by atoms with van der Waals surface area (Å²) in [6.45, 7) is 0.965. The summed E-state index contributed by atoms with van der Waals surface area (Å²) in [6.07, 6.45) is 0. The van der Waals surface area contributed by atoms with E-state index in [0.717, 1.165) is 6.66 Å². The highest BCUT2D eigenvalue weighted by atomic mass is 35.5. The van der Waals surface area contributed by atoms with Crippen LogP contribution in [0.15, 0.2) is 0 Å². The van der Waals surface area contributed by atoms with Crippen molar-refractivity contribution in [3.63, 3.8) is 0 Å². The first-order valence-corrected chi connectivity index (χ1v) is 3.14. The maximum atomic E-state index is 7.74. The molecule has 7 heavy (non-hydrogen) atoms. The molecule has 0 spiro atoms. The molecule has 0 aromatic carbocycles. The lowest BCUT2D eigenvalue weighted by Gasteiger charge is -1.88. The molecule has 0 aliphatic heterocycles. The molecule has 3 nitrogen and oxygen atoms in total. The number of rotatable bonds is 0. The molecular formula is CH8Cl2O3P+. The predicted octanol–water partition coefficient (Wildman–Crippen LogP) is 0.199. The van der Waals surface area contributed by atoms with Crippen LogP contribution in [0, 0.1) is 0 Å². The second-order valence-corrected chi connectivity index (χ2v) is 2.60. The van der Waals surface area contributed by atoms with Gasteiger partial charge in [0.25, 0.3) is 0 Å². The van der Waals surface area contributed by atoms with Gasteiger partial charge < -0.3 is 0 Å². The van der Waals surface area contributed by atoms with Crippen LogP contribution in [0.25, 0.3) is 0 Å². The molecule has 0 saturated carbocycles. The Morgan fingerprint density at radius 3 is 1.00 bits per heavy atom. The summed E-state index contributed by atoms with van der Waals surface area (Å²) in [5, 5.41) is 0. The molecular weight excluding hydrogens is 162 g/mol. The van der Waals surface area contributed by atoms with Gasteiger partial charge in [0, 0.05) is 0 Å². The Balaban J connectivity index is -0.0000000800. The van der Waals surface area contributed by atoms with E-state index in [1.54, 1.807) is 0 Å². The third-order valence-electron chi connectivity index (χ3n) is 0. The SMILES string of the molecule is C[P+](O)(O)O.Cl.Cl. The second kappa shape index (κ2) is 5.04. The fraction of sp³-hybridized carbons (Fsp3) is 1.00. The van der Waals surface area contributed by atoms with E-state index < -0.39 is 7.94 Å². The highest BCUT2D eigenvalue weighted by molar-refractivity contribution is 7.57. The highest BCUT2D eigenvalue weighted by Gasteiger charge is 2.17. The van der Waals surface area contributed by atoms with Crippen molar-refractivity contribution in [1.29, 1.82) is 0 Å². The van der Waals surface area contributed by atoms with Gasteiger partial charge in [0.2, 0.25) is 0 Å².